The SMILES string of the molecule is COc1ccc2c(c1)C=C(C(=O)NC1CCCNC1C)CO2.Cl. The minimum Gasteiger partial charge on any atom is -0.497 e. The predicted octanol–water partition coefficient (Wildman–Crippen LogP) is 2.15. The molecule has 0 aromatic heterocycles. The summed E-state index contributed by atoms with van der Waals surface area (Å²) >= 11 is 0. The van der Waals surface area contributed by atoms with E-state index in [1.165, 1.54) is 0 Å². The van der Waals surface area contributed by atoms with Crippen LogP contribution in [0, 0.1) is 0 Å². The fourth-order valence-electron chi connectivity index (χ4n) is 2.92. The van der Waals surface area contributed by atoms with Crippen molar-refractivity contribution in [1.29, 1.82) is 0 Å². The number of carbonyl (C=O) groups excluding carboxylic acids is 1. The third-order valence-corrected chi connectivity index (χ3v) is 4.30. The van der Waals surface area contributed by atoms with Crippen LogP contribution in [0.2, 0.25) is 0 Å². The average molecular weight is 339 g/mol. The normalized spacial score (nSPS) is 22.8. The van der Waals surface area contributed by atoms with Gasteiger partial charge in [-0.1, -0.05) is 0 Å². The smallest absolute Gasteiger partial charge is 0.250 e. The van der Waals surface area contributed by atoms with E-state index in [0.717, 1.165) is 36.4 Å². The second-order valence-electron chi connectivity index (χ2n) is 5.83. The van der Waals surface area contributed by atoms with E-state index in [9.17, 15) is 4.79 Å². The van der Waals surface area contributed by atoms with Gasteiger partial charge in [0, 0.05) is 17.6 Å². The van der Waals surface area contributed by atoms with Gasteiger partial charge >= 0.3 is 0 Å². The molecule has 0 radical (unpaired) electrons. The molecular formula is C17H23ClN2O3. The van der Waals surface area contributed by atoms with E-state index < -0.39 is 0 Å². The number of ether oxygens (including phenoxy) is 2. The summed E-state index contributed by atoms with van der Waals surface area (Å²) in [5.41, 5.74) is 1.53. The van der Waals surface area contributed by atoms with E-state index in [4.69, 9.17) is 9.47 Å². The van der Waals surface area contributed by atoms with Crippen LogP contribution in [0.15, 0.2) is 23.8 Å². The van der Waals surface area contributed by atoms with Crippen LogP contribution < -0.4 is 20.1 Å². The summed E-state index contributed by atoms with van der Waals surface area (Å²) in [6.07, 6.45) is 3.99. The maximum Gasteiger partial charge on any atom is 0.250 e. The van der Waals surface area contributed by atoms with Gasteiger partial charge in [0.2, 0.25) is 0 Å². The highest BCUT2D eigenvalue weighted by Crippen LogP contribution is 2.30. The fourth-order valence-corrected chi connectivity index (χ4v) is 2.92. The molecule has 23 heavy (non-hydrogen) atoms. The first-order valence-corrected chi connectivity index (χ1v) is 7.73. The number of benzene rings is 1. The minimum atomic E-state index is -0.0472. The highest BCUT2D eigenvalue weighted by atomic mass is 35.5. The highest BCUT2D eigenvalue weighted by Gasteiger charge is 2.25. The van der Waals surface area contributed by atoms with Gasteiger partial charge in [0.25, 0.3) is 5.91 Å². The van der Waals surface area contributed by atoms with Gasteiger partial charge in [0.15, 0.2) is 0 Å². The maximum absolute atomic E-state index is 12.5. The lowest BCUT2D eigenvalue weighted by Gasteiger charge is -2.31. The van der Waals surface area contributed by atoms with E-state index in [0.29, 0.717) is 18.2 Å². The Morgan fingerprint density at radius 2 is 2.26 bits per heavy atom. The number of rotatable bonds is 3. The number of piperidine rings is 1. The Hall–Kier alpha value is -1.72. The van der Waals surface area contributed by atoms with Crippen molar-refractivity contribution in [2.75, 3.05) is 20.3 Å². The molecule has 3 rings (SSSR count). The van der Waals surface area contributed by atoms with Gasteiger partial charge in [-0.15, -0.1) is 12.4 Å². The van der Waals surface area contributed by atoms with E-state index in [2.05, 4.69) is 17.6 Å². The first-order valence-electron chi connectivity index (χ1n) is 7.73. The molecule has 2 aliphatic rings. The molecular weight excluding hydrogens is 316 g/mol. The van der Waals surface area contributed by atoms with Gasteiger partial charge in [-0.05, 0) is 50.6 Å². The minimum absolute atomic E-state index is 0. The molecule has 1 fully saturated rings. The van der Waals surface area contributed by atoms with E-state index in [1.54, 1.807) is 7.11 Å². The molecule has 126 valence electrons. The zero-order valence-corrected chi connectivity index (χ0v) is 14.2. The third-order valence-electron chi connectivity index (χ3n) is 4.30. The number of halogens is 1. The zero-order valence-electron chi connectivity index (χ0n) is 13.4. The van der Waals surface area contributed by atoms with Crippen molar-refractivity contribution < 1.29 is 14.3 Å². The van der Waals surface area contributed by atoms with Crippen molar-refractivity contribution in [1.82, 2.24) is 10.6 Å². The number of methoxy groups -OCH3 is 1. The summed E-state index contributed by atoms with van der Waals surface area (Å²) in [6.45, 7) is 3.43. The number of nitrogens with one attached hydrogen (secondary N) is 2. The Balaban J connectivity index is 0.00000192. The number of hydrogen-bond donors (Lipinski definition) is 2. The van der Waals surface area contributed by atoms with Crippen molar-refractivity contribution in [3.63, 3.8) is 0 Å². The van der Waals surface area contributed by atoms with Gasteiger partial charge in [0.05, 0.1) is 12.7 Å². The summed E-state index contributed by atoms with van der Waals surface area (Å²) in [4.78, 5) is 12.5. The Morgan fingerprint density at radius 3 is 3.00 bits per heavy atom. The van der Waals surface area contributed by atoms with Gasteiger partial charge in [0.1, 0.15) is 18.1 Å². The fraction of sp³-hybridized carbons (Fsp3) is 0.471. The van der Waals surface area contributed by atoms with E-state index in [1.807, 2.05) is 24.3 Å². The van der Waals surface area contributed by atoms with Gasteiger partial charge in [-0.2, -0.15) is 0 Å². The average Bonchev–Trinajstić information content (AvgIpc) is 2.55. The summed E-state index contributed by atoms with van der Waals surface area (Å²) in [7, 11) is 1.63. The zero-order chi connectivity index (χ0) is 15.5. The lowest BCUT2D eigenvalue weighted by Crippen LogP contribution is -2.52. The molecule has 1 aromatic rings. The lowest BCUT2D eigenvalue weighted by atomic mass is 9.99. The van der Waals surface area contributed by atoms with Gasteiger partial charge < -0.3 is 20.1 Å². The Labute approximate surface area is 142 Å². The van der Waals surface area contributed by atoms with Crippen LogP contribution in [0.3, 0.4) is 0 Å². The standard InChI is InChI=1S/C17H22N2O3.ClH/c1-11-15(4-3-7-18-11)19-17(20)13-8-12-9-14(21-2)5-6-16(12)22-10-13;/h5-6,8-9,11,15,18H,3-4,7,10H2,1-2H3,(H,19,20);1H. The second-order valence-corrected chi connectivity index (χ2v) is 5.83. The summed E-state index contributed by atoms with van der Waals surface area (Å²) in [6, 6.07) is 6.08. The number of carbonyl (C=O) groups is 1. The molecule has 2 N–H and O–H groups in total. The lowest BCUT2D eigenvalue weighted by molar-refractivity contribution is -0.118. The molecule has 2 unspecified atom stereocenters. The molecule has 6 heteroatoms. The van der Waals surface area contributed by atoms with Crippen molar-refractivity contribution in [2.24, 2.45) is 0 Å². The van der Waals surface area contributed by atoms with Crippen LogP contribution in [0.1, 0.15) is 25.3 Å². The summed E-state index contributed by atoms with van der Waals surface area (Å²) < 4.78 is 10.9. The number of amides is 1. The van der Waals surface area contributed by atoms with Gasteiger partial charge in [-0.3, -0.25) is 4.79 Å². The predicted molar refractivity (Wildman–Crippen MR) is 92.3 cm³/mol. The Kier molecular flexibility index (Phi) is 5.91. The second kappa shape index (κ2) is 7.70. The molecule has 2 aliphatic heterocycles. The van der Waals surface area contributed by atoms with Crippen LogP contribution in [-0.2, 0) is 4.79 Å². The van der Waals surface area contributed by atoms with Crippen LogP contribution >= 0.6 is 12.4 Å². The molecule has 0 bridgehead atoms. The maximum atomic E-state index is 12.5. The molecule has 1 saturated heterocycles. The van der Waals surface area contributed by atoms with Crippen molar-refractivity contribution >= 4 is 24.4 Å². The topological polar surface area (TPSA) is 59.6 Å². The first kappa shape index (κ1) is 17.6. The quantitative estimate of drug-likeness (QED) is 0.886. The Morgan fingerprint density at radius 1 is 1.43 bits per heavy atom. The molecule has 2 atom stereocenters. The van der Waals surface area contributed by atoms with E-state index in [-0.39, 0.29) is 24.4 Å². The van der Waals surface area contributed by atoms with Crippen LogP contribution in [0.5, 0.6) is 11.5 Å². The van der Waals surface area contributed by atoms with Crippen molar-refractivity contribution in [2.45, 2.75) is 31.8 Å². The van der Waals surface area contributed by atoms with Crippen LogP contribution in [-0.4, -0.2) is 38.3 Å². The molecule has 2 heterocycles. The first-order chi connectivity index (χ1) is 10.7. The van der Waals surface area contributed by atoms with Gasteiger partial charge in [-0.25, -0.2) is 0 Å². The van der Waals surface area contributed by atoms with Crippen molar-refractivity contribution in [3.8, 4) is 11.5 Å². The Bertz CT molecular complexity index is 604. The largest absolute Gasteiger partial charge is 0.497 e. The molecule has 0 saturated carbocycles. The summed E-state index contributed by atoms with van der Waals surface area (Å²) in [5.74, 6) is 1.49. The monoisotopic (exact) mass is 338 g/mol. The molecule has 0 aliphatic carbocycles. The molecule has 0 spiro atoms. The van der Waals surface area contributed by atoms with E-state index >= 15 is 0 Å². The number of fused-ring (bicyclic) bond motifs is 1. The third kappa shape index (κ3) is 3.98. The molecule has 1 amide bonds. The highest BCUT2D eigenvalue weighted by molar-refractivity contribution is 5.99. The molecule has 1 aromatic carbocycles. The summed E-state index contributed by atoms with van der Waals surface area (Å²) in [5, 5.41) is 6.51. The molecule has 5 nitrogen and oxygen atoms in total. The van der Waals surface area contributed by atoms with Crippen molar-refractivity contribution in [3.05, 3.63) is 29.3 Å². The van der Waals surface area contributed by atoms with Crippen LogP contribution in [0.4, 0.5) is 0 Å². The number of hydrogen-bond acceptors (Lipinski definition) is 4. The van der Waals surface area contributed by atoms with Crippen LogP contribution in [0.25, 0.3) is 6.08 Å².